The number of piperidine rings is 1. The Morgan fingerprint density at radius 2 is 1.72 bits per heavy atom. The van der Waals surface area contributed by atoms with Crippen molar-refractivity contribution in [3.63, 3.8) is 0 Å². The Balaban J connectivity index is 0.00000300. The molecule has 29 heavy (non-hydrogen) atoms. The molecule has 0 saturated carbocycles. The van der Waals surface area contributed by atoms with Crippen molar-refractivity contribution in [1.29, 1.82) is 0 Å². The number of nitrogens with zero attached hydrogens (tertiary/aromatic N) is 3. The molecule has 1 saturated heterocycles. The van der Waals surface area contributed by atoms with Crippen LogP contribution in [-0.4, -0.2) is 57.7 Å². The molecule has 1 N–H and O–H groups in total. The SMILES string of the molecule is CN=C(NCCc1ccc(N(C)C)cc1)N1CCC(Oc2ccccc2)CC1.I. The van der Waals surface area contributed by atoms with Gasteiger partial charge in [0.15, 0.2) is 5.96 Å². The summed E-state index contributed by atoms with van der Waals surface area (Å²) < 4.78 is 6.09. The molecule has 6 heteroatoms. The van der Waals surface area contributed by atoms with E-state index in [0.717, 1.165) is 50.6 Å². The van der Waals surface area contributed by atoms with E-state index < -0.39 is 0 Å². The van der Waals surface area contributed by atoms with Crippen molar-refractivity contribution in [2.24, 2.45) is 4.99 Å². The second-order valence-corrected chi connectivity index (χ2v) is 7.40. The van der Waals surface area contributed by atoms with Gasteiger partial charge in [0, 0.05) is 59.3 Å². The summed E-state index contributed by atoms with van der Waals surface area (Å²) in [4.78, 5) is 8.93. The fraction of sp³-hybridized carbons (Fsp3) is 0.435. The molecule has 0 aromatic heterocycles. The van der Waals surface area contributed by atoms with E-state index in [4.69, 9.17) is 4.74 Å². The van der Waals surface area contributed by atoms with Gasteiger partial charge in [0.05, 0.1) is 0 Å². The van der Waals surface area contributed by atoms with E-state index in [1.54, 1.807) is 0 Å². The summed E-state index contributed by atoms with van der Waals surface area (Å²) in [6, 6.07) is 18.8. The molecule has 1 aliphatic heterocycles. The van der Waals surface area contributed by atoms with E-state index >= 15 is 0 Å². The Kier molecular flexibility index (Phi) is 9.57. The Hall–Kier alpha value is -1.96. The summed E-state index contributed by atoms with van der Waals surface area (Å²) in [7, 11) is 5.99. The lowest BCUT2D eigenvalue weighted by Gasteiger charge is -2.34. The largest absolute Gasteiger partial charge is 0.490 e. The van der Waals surface area contributed by atoms with Crippen LogP contribution in [0.25, 0.3) is 0 Å². The predicted molar refractivity (Wildman–Crippen MR) is 133 cm³/mol. The molecule has 158 valence electrons. The highest BCUT2D eigenvalue weighted by Crippen LogP contribution is 2.18. The number of likely N-dealkylation sites (tertiary alicyclic amines) is 1. The van der Waals surface area contributed by atoms with Gasteiger partial charge < -0.3 is 19.9 Å². The number of guanidine groups is 1. The van der Waals surface area contributed by atoms with Crippen molar-refractivity contribution < 1.29 is 4.74 Å². The van der Waals surface area contributed by atoms with Crippen LogP contribution in [-0.2, 0) is 6.42 Å². The first-order valence-electron chi connectivity index (χ1n) is 10.1. The minimum Gasteiger partial charge on any atom is -0.490 e. The van der Waals surface area contributed by atoms with Crippen LogP contribution in [0.4, 0.5) is 5.69 Å². The number of ether oxygens (including phenoxy) is 1. The first-order valence-corrected chi connectivity index (χ1v) is 10.1. The standard InChI is InChI=1S/C23H32N4O.HI/c1-24-23(25-16-13-19-9-11-20(12-10-19)26(2)3)27-17-14-22(15-18-27)28-21-7-5-4-6-8-21;/h4-12,22H,13-18H2,1-3H3,(H,24,25);1H. The highest BCUT2D eigenvalue weighted by atomic mass is 127. The number of hydrogen-bond donors (Lipinski definition) is 1. The molecule has 0 amide bonds. The third kappa shape index (κ3) is 7.10. The monoisotopic (exact) mass is 508 g/mol. The van der Waals surface area contributed by atoms with Crippen LogP contribution in [0.2, 0.25) is 0 Å². The summed E-state index contributed by atoms with van der Waals surface area (Å²) in [6.07, 6.45) is 3.30. The maximum Gasteiger partial charge on any atom is 0.193 e. The van der Waals surface area contributed by atoms with E-state index in [1.165, 1.54) is 11.3 Å². The molecule has 0 unspecified atom stereocenters. The highest BCUT2D eigenvalue weighted by Gasteiger charge is 2.22. The Labute approximate surface area is 192 Å². The average Bonchev–Trinajstić information content (AvgIpc) is 2.73. The Bertz CT molecular complexity index is 741. The van der Waals surface area contributed by atoms with Crippen molar-refractivity contribution >= 4 is 35.6 Å². The molecular formula is C23H33IN4O. The summed E-state index contributed by atoms with van der Waals surface area (Å²) in [5.41, 5.74) is 2.57. The van der Waals surface area contributed by atoms with Crippen molar-refractivity contribution in [3.8, 4) is 5.75 Å². The number of aliphatic imine (C=N–C) groups is 1. The van der Waals surface area contributed by atoms with Crippen LogP contribution >= 0.6 is 24.0 Å². The molecule has 1 aliphatic rings. The van der Waals surface area contributed by atoms with Gasteiger partial charge in [0.2, 0.25) is 0 Å². The molecule has 2 aromatic carbocycles. The van der Waals surface area contributed by atoms with Gasteiger partial charge in [-0.05, 0) is 36.2 Å². The summed E-state index contributed by atoms with van der Waals surface area (Å²) in [5, 5.41) is 3.51. The molecule has 3 rings (SSSR count). The van der Waals surface area contributed by atoms with Crippen molar-refractivity contribution in [3.05, 3.63) is 60.2 Å². The lowest BCUT2D eigenvalue weighted by Crippen LogP contribution is -2.47. The maximum atomic E-state index is 6.09. The quantitative estimate of drug-likeness (QED) is 0.364. The van der Waals surface area contributed by atoms with Gasteiger partial charge in [-0.15, -0.1) is 24.0 Å². The lowest BCUT2D eigenvalue weighted by molar-refractivity contribution is 0.129. The fourth-order valence-electron chi connectivity index (χ4n) is 3.49. The first-order chi connectivity index (χ1) is 13.7. The number of benzene rings is 2. The van der Waals surface area contributed by atoms with Gasteiger partial charge >= 0.3 is 0 Å². The molecule has 0 aliphatic carbocycles. The smallest absolute Gasteiger partial charge is 0.193 e. The van der Waals surface area contributed by atoms with Crippen molar-refractivity contribution in [1.82, 2.24) is 10.2 Å². The molecule has 1 fully saturated rings. The number of halogens is 1. The van der Waals surface area contributed by atoms with Gasteiger partial charge in [-0.1, -0.05) is 30.3 Å². The number of rotatable bonds is 6. The molecule has 0 radical (unpaired) electrons. The number of para-hydroxylation sites is 1. The van der Waals surface area contributed by atoms with E-state index in [2.05, 4.69) is 58.5 Å². The van der Waals surface area contributed by atoms with E-state index in [-0.39, 0.29) is 30.1 Å². The van der Waals surface area contributed by atoms with Gasteiger partial charge in [-0.3, -0.25) is 4.99 Å². The van der Waals surface area contributed by atoms with Gasteiger partial charge in [0.1, 0.15) is 11.9 Å². The van der Waals surface area contributed by atoms with Crippen LogP contribution in [0.5, 0.6) is 5.75 Å². The summed E-state index contributed by atoms with van der Waals surface area (Å²) in [6.45, 7) is 2.82. The topological polar surface area (TPSA) is 40.1 Å². The zero-order valence-corrected chi connectivity index (χ0v) is 20.0. The lowest BCUT2D eigenvalue weighted by atomic mass is 10.1. The minimum absolute atomic E-state index is 0. The molecule has 2 aromatic rings. The Morgan fingerprint density at radius 3 is 2.31 bits per heavy atom. The number of anilines is 1. The van der Waals surface area contributed by atoms with Crippen molar-refractivity contribution in [2.75, 3.05) is 45.7 Å². The maximum absolute atomic E-state index is 6.09. The van der Waals surface area contributed by atoms with Crippen LogP contribution in [0.15, 0.2) is 59.6 Å². The zero-order chi connectivity index (χ0) is 19.8. The minimum atomic E-state index is 0. The molecule has 1 heterocycles. The second kappa shape index (κ2) is 11.9. The normalized spacial score (nSPS) is 14.9. The summed E-state index contributed by atoms with van der Waals surface area (Å²) >= 11 is 0. The third-order valence-electron chi connectivity index (χ3n) is 5.15. The van der Waals surface area contributed by atoms with E-state index in [1.807, 2.05) is 37.4 Å². The van der Waals surface area contributed by atoms with Gasteiger partial charge in [0.25, 0.3) is 0 Å². The second-order valence-electron chi connectivity index (χ2n) is 7.40. The Morgan fingerprint density at radius 1 is 1.07 bits per heavy atom. The molecule has 0 bridgehead atoms. The first kappa shape index (κ1) is 23.3. The number of hydrogen-bond acceptors (Lipinski definition) is 3. The third-order valence-corrected chi connectivity index (χ3v) is 5.15. The summed E-state index contributed by atoms with van der Waals surface area (Å²) in [5.74, 6) is 1.95. The van der Waals surface area contributed by atoms with Gasteiger partial charge in [-0.25, -0.2) is 0 Å². The fourth-order valence-corrected chi connectivity index (χ4v) is 3.49. The van der Waals surface area contributed by atoms with E-state index in [9.17, 15) is 0 Å². The number of nitrogens with one attached hydrogen (secondary N) is 1. The van der Waals surface area contributed by atoms with Crippen LogP contribution < -0.4 is 15.0 Å². The van der Waals surface area contributed by atoms with Crippen molar-refractivity contribution in [2.45, 2.75) is 25.4 Å². The van der Waals surface area contributed by atoms with E-state index in [0.29, 0.717) is 0 Å². The molecular weight excluding hydrogens is 475 g/mol. The van der Waals surface area contributed by atoms with Gasteiger partial charge in [-0.2, -0.15) is 0 Å². The average molecular weight is 508 g/mol. The molecule has 0 atom stereocenters. The zero-order valence-electron chi connectivity index (χ0n) is 17.7. The van der Waals surface area contributed by atoms with Crippen LogP contribution in [0.3, 0.4) is 0 Å². The highest BCUT2D eigenvalue weighted by molar-refractivity contribution is 14.0. The molecule has 5 nitrogen and oxygen atoms in total. The van der Waals surface area contributed by atoms with Crippen LogP contribution in [0, 0.1) is 0 Å². The predicted octanol–water partition coefficient (Wildman–Crippen LogP) is 4.03. The molecule has 0 spiro atoms. The van der Waals surface area contributed by atoms with Crippen LogP contribution in [0.1, 0.15) is 18.4 Å².